The van der Waals surface area contributed by atoms with E-state index in [2.05, 4.69) is 0 Å². The highest BCUT2D eigenvalue weighted by Crippen LogP contribution is 2.23. The Kier molecular flexibility index (Phi) is 4.33. The molecule has 0 bridgehead atoms. The molecular weight excluding hydrogens is 234 g/mol. The predicted octanol–water partition coefficient (Wildman–Crippen LogP) is 1.94. The monoisotopic (exact) mass is 255 g/mol. The van der Waals surface area contributed by atoms with Gasteiger partial charge in [-0.25, -0.2) is 8.42 Å². The summed E-state index contributed by atoms with van der Waals surface area (Å²) in [6, 6.07) is 9.57. The highest BCUT2D eigenvalue weighted by Gasteiger charge is 2.31. The molecule has 0 saturated heterocycles. The Morgan fingerprint density at radius 3 is 2.12 bits per heavy atom. The van der Waals surface area contributed by atoms with E-state index in [0.29, 0.717) is 6.54 Å². The van der Waals surface area contributed by atoms with Crippen LogP contribution in [0.25, 0.3) is 0 Å². The molecule has 0 aromatic heterocycles. The van der Waals surface area contributed by atoms with Gasteiger partial charge < -0.3 is 5.73 Å². The summed E-state index contributed by atoms with van der Waals surface area (Å²) in [5.74, 6) is -0.0165. The second-order valence-electron chi connectivity index (χ2n) is 5.24. The summed E-state index contributed by atoms with van der Waals surface area (Å²) >= 11 is 0. The van der Waals surface area contributed by atoms with Crippen LogP contribution in [0, 0.1) is 0 Å². The molecule has 0 aliphatic carbocycles. The van der Waals surface area contributed by atoms with Crippen LogP contribution in [0.4, 0.5) is 0 Å². The molecule has 0 saturated carbocycles. The summed E-state index contributed by atoms with van der Waals surface area (Å²) in [5.41, 5.74) is 6.68. The third kappa shape index (κ3) is 3.54. The number of hydrogen-bond acceptors (Lipinski definition) is 3. The van der Waals surface area contributed by atoms with Gasteiger partial charge in [-0.3, -0.25) is 0 Å². The molecule has 1 aromatic carbocycles. The SMILES string of the molecule is CC(C)(C)S(=O)(=O)CC(CN)c1ccccc1. The number of hydrogen-bond donors (Lipinski definition) is 1. The minimum Gasteiger partial charge on any atom is -0.330 e. The first-order valence-corrected chi connectivity index (χ1v) is 7.40. The molecule has 1 rings (SSSR count). The van der Waals surface area contributed by atoms with Crippen molar-refractivity contribution in [2.24, 2.45) is 5.73 Å². The lowest BCUT2D eigenvalue weighted by Gasteiger charge is -2.23. The first kappa shape index (κ1) is 14.2. The molecule has 0 fully saturated rings. The lowest BCUT2D eigenvalue weighted by Crippen LogP contribution is -2.34. The van der Waals surface area contributed by atoms with Crippen LogP contribution < -0.4 is 5.73 Å². The fourth-order valence-corrected chi connectivity index (χ4v) is 2.90. The van der Waals surface area contributed by atoms with Gasteiger partial charge in [0.1, 0.15) is 0 Å². The Morgan fingerprint density at radius 1 is 1.18 bits per heavy atom. The molecule has 4 heteroatoms. The van der Waals surface area contributed by atoms with Crippen molar-refractivity contribution in [2.75, 3.05) is 12.3 Å². The minimum atomic E-state index is -3.14. The Balaban J connectivity index is 2.94. The predicted molar refractivity (Wildman–Crippen MR) is 71.8 cm³/mol. The third-order valence-corrected chi connectivity index (χ3v) is 5.62. The van der Waals surface area contributed by atoms with Gasteiger partial charge in [0.2, 0.25) is 0 Å². The van der Waals surface area contributed by atoms with Crippen molar-refractivity contribution in [3.63, 3.8) is 0 Å². The smallest absolute Gasteiger partial charge is 0.155 e. The molecule has 0 spiro atoms. The molecule has 1 atom stereocenters. The van der Waals surface area contributed by atoms with Crippen molar-refractivity contribution in [1.29, 1.82) is 0 Å². The first-order valence-electron chi connectivity index (χ1n) is 5.75. The summed E-state index contributed by atoms with van der Waals surface area (Å²) in [6.07, 6.45) is 0. The summed E-state index contributed by atoms with van der Waals surface area (Å²) in [6.45, 7) is 5.52. The van der Waals surface area contributed by atoms with Gasteiger partial charge in [0.05, 0.1) is 10.5 Å². The van der Waals surface area contributed by atoms with E-state index in [1.807, 2.05) is 30.3 Å². The van der Waals surface area contributed by atoms with Gasteiger partial charge in [0, 0.05) is 12.5 Å². The maximum Gasteiger partial charge on any atom is 0.155 e. The molecular formula is C13H21NO2S. The van der Waals surface area contributed by atoms with Gasteiger partial charge in [-0.1, -0.05) is 30.3 Å². The van der Waals surface area contributed by atoms with E-state index in [1.54, 1.807) is 20.8 Å². The van der Waals surface area contributed by atoms with Crippen LogP contribution in [0.2, 0.25) is 0 Å². The van der Waals surface area contributed by atoms with Gasteiger partial charge >= 0.3 is 0 Å². The van der Waals surface area contributed by atoms with Crippen molar-refractivity contribution in [3.05, 3.63) is 35.9 Å². The number of rotatable bonds is 4. The summed E-state index contributed by atoms with van der Waals surface area (Å²) < 4.78 is 23.6. The maximum atomic E-state index is 12.1. The molecule has 0 amide bonds. The fourth-order valence-electron chi connectivity index (χ4n) is 1.54. The number of benzene rings is 1. The van der Waals surface area contributed by atoms with Crippen molar-refractivity contribution < 1.29 is 8.42 Å². The standard InChI is InChI=1S/C13H21NO2S/c1-13(2,3)17(15,16)10-12(9-14)11-7-5-4-6-8-11/h4-8,12H,9-10,14H2,1-3H3. The molecule has 96 valence electrons. The average molecular weight is 255 g/mol. The summed E-state index contributed by atoms with van der Waals surface area (Å²) in [4.78, 5) is 0. The highest BCUT2D eigenvalue weighted by molar-refractivity contribution is 7.92. The molecule has 17 heavy (non-hydrogen) atoms. The van der Waals surface area contributed by atoms with Crippen LogP contribution in [0.5, 0.6) is 0 Å². The maximum absolute atomic E-state index is 12.1. The molecule has 0 aliphatic rings. The van der Waals surface area contributed by atoms with Crippen LogP contribution >= 0.6 is 0 Å². The van der Waals surface area contributed by atoms with E-state index in [4.69, 9.17) is 5.73 Å². The Hall–Kier alpha value is -0.870. The lowest BCUT2D eigenvalue weighted by molar-refractivity contribution is 0.552. The van der Waals surface area contributed by atoms with Gasteiger partial charge in [-0.15, -0.1) is 0 Å². The molecule has 0 aliphatic heterocycles. The molecule has 0 radical (unpaired) electrons. The second kappa shape index (κ2) is 5.19. The molecule has 1 unspecified atom stereocenters. The zero-order valence-corrected chi connectivity index (χ0v) is 11.5. The zero-order chi connectivity index (χ0) is 13.1. The largest absolute Gasteiger partial charge is 0.330 e. The summed E-state index contributed by atoms with van der Waals surface area (Å²) in [5, 5.41) is 0. The molecule has 0 heterocycles. The molecule has 2 N–H and O–H groups in total. The van der Waals surface area contributed by atoms with Crippen LogP contribution in [-0.2, 0) is 9.84 Å². The molecule has 3 nitrogen and oxygen atoms in total. The lowest BCUT2D eigenvalue weighted by atomic mass is 10.0. The first-order chi connectivity index (χ1) is 7.78. The third-order valence-electron chi connectivity index (χ3n) is 2.91. The quantitative estimate of drug-likeness (QED) is 0.894. The minimum absolute atomic E-state index is 0.108. The number of nitrogens with two attached hydrogens (primary N) is 1. The van der Waals surface area contributed by atoms with Crippen molar-refractivity contribution >= 4 is 9.84 Å². The van der Waals surface area contributed by atoms with Crippen LogP contribution in [0.15, 0.2) is 30.3 Å². The van der Waals surface area contributed by atoms with Crippen molar-refractivity contribution in [2.45, 2.75) is 31.4 Å². The van der Waals surface area contributed by atoms with Gasteiger partial charge in [-0.2, -0.15) is 0 Å². The molecule has 1 aromatic rings. The van der Waals surface area contributed by atoms with Crippen molar-refractivity contribution in [3.8, 4) is 0 Å². The van der Waals surface area contributed by atoms with Gasteiger partial charge in [0.15, 0.2) is 9.84 Å². The second-order valence-corrected chi connectivity index (χ2v) is 8.02. The normalized spacial score (nSPS) is 14.6. The fraction of sp³-hybridized carbons (Fsp3) is 0.538. The van der Waals surface area contributed by atoms with E-state index >= 15 is 0 Å². The zero-order valence-electron chi connectivity index (χ0n) is 10.7. The van der Waals surface area contributed by atoms with E-state index in [9.17, 15) is 8.42 Å². The van der Waals surface area contributed by atoms with Gasteiger partial charge in [0.25, 0.3) is 0 Å². The van der Waals surface area contributed by atoms with E-state index in [1.165, 1.54) is 0 Å². The Morgan fingerprint density at radius 2 is 1.71 bits per heavy atom. The Bertz CT molecular complexity index is 446. The van der Waals surface area contributed by atoms with Crippen LogP contribution in [0.1, 0.15) is 32.3 Å². The van der Waals surface area contributed by atoms with Crippen molar-refractivity contribution in [1.82, 2.24) is 0 Å². The Labute approximate surface area is 104 Å². The van der Waals surface area contributed by atoms with E-state index < -0.39 is 14.6 Å². The van der Waals surface area contributed by atoms with Crippen LogP contribution in [0.3, 0.4) is 0 Å². The topological polar surface area (TPSA) is 60.2 Å². The van der Waals surface area contributed by atoms with E-state index in [0.717, 1.165) is 5.56 Å². The van der Waals surface area contributed by atoms with E-state index in [-0.39, 0.29) is 11.7 Å². The number of sulfone groups is 1. The van der Waals surface area contributed by atoms with Gasteiger partial charge in [-0.05, 0) is 26.3 Å². The average Bonchev–Trinajstić information content (AvgIpc) is 2.25. The van der Waals surface area contributed by atoms with Crippen LogP contribution in [-0.4, -0.2) is 25.5 Å². The highest BCUT2D eigenvalue weighted by atomic mass is 32.2. The summed E-state index contributed by atoms with van der Waals surface area (Å²) in [7, 11) is -3.14.